The maximum Gasteiger partial charge on any atom is 0.307 e. The lowest BCUT2D eigenvalue weighted by Gasteiger charge is -2.23. The number of nitrogens with zero attached hydrogens (tertiary/aromatic N) is 1. The molecule has 3 aliphatic carbocycles. The summed E-state index contributed by atoms with van der Waals surface area (Å²) in [5.74, 6) is -2.09. The molecule has 7 heteroatoms. The molecular formula is C14H13BrN2O3S. The number of allylic oxidation sites excluding steroid dienone is 2. The molecule has 2 fully saturated rings. The number of hydrogen-bond donors (Lipinski definition) is 2. The molecule has 2 saturated carbocycles. The zero-order valence-corrected chi connectivity index (χ0v) is 13.4. The lowest BCUT2D eigenvalue weighted by atomic mass is 9.82. The quantitative estimate of drug-likeness (QED) is 0.803. The second kappa shape index (κ2) is 4.39. The van der Waals surface area contributed by atoms with E-state index in [1.165, 1.54) is 11.3 Å². The highest BCUT2D eigenvalue weighted by molar-refractivity contribution is 9.11. The van der Waals surface area contributed by atoms with Crippen molar-refractivity contribution in [1.82, 2.24) is 4.98 Å². The molecule has 21 heavy (non-hydrogen) atoms. The fourth-order valence-corrected chi connectivity index (χ4v) is 5.30. The van der Waals surface area contributed by atoms with Crippen LogP contribution in [0.1, 0.15) is 12.8 Å². The maximum atomic E-state index is 12.6. The summed E-state index contributed by atoms with van der Waals surface area (Å²) in [7, 11) is 0. The van der Waals surface area contributed by atoms with Gasteiger partial charge in [-0.2, -0.15) is 0 Å². The van der Waals surface area contributed by atoms with E-state index in [-0.39, 0.29) is 23.2 Å². The van der Waals surface area contributed by atoms with Crippen LogP contribution >= 0.6 is 27.3 Å². The van der Waals surface area contributed by atoms with Crippen molar-refractivity contribution in [3.8, 4) is 0 Å². The van der Waals surface area contributed by atoms with Gasteiger partial charge in [-0.05, 0) is 46.0 Å². The summed E-state index contributed by atoms with van der Waals surface area (Å²) in [6, 6.07) is 0. The van der Waals surface area contributed by atoms with Crippen molar-refractivity contribution in [3.05, 3.63) is 22.1 Å². The predicted octanol–water partition coefficient (Wildman–Crippen LogP) is 2.76. The molecule has 3 aliphatic rings. The Balaban J connectivity index is 1.62. The molecule has 1 unspecified atom stereocenters. The Labute approximate surface area is 133 Å². The minimum absolute atomic E-state index is 0.0128. The molecule has 1 aromatic heterocycles. The Morgan fingerprint density at radius 3 is 2.52 bits per heavy atom. The van der Waals surface area contributed by atoms with Crippen LogP contribution in [0.2, 0.25) is 0 Å². The standard InChI is InChI=1S/C14H13BrN2O3S/c15-8-5-16-13(21-8)17-11(18)9-6-1-2-7(10(9)12(19)20)14(6)3-4-14/h1-2,5-7,9-10H,3-4H2,(H,19,20)(H,16,17,18)/t6-,7+,9?,10+/m0/s1. The summed E-state index contributed by atoms with van der Waals surface area (Å²) < 4.78 is 0.832. The fraction of sp³-hybridized carbons (Fsp3) is 0.500. The minimum atomic E-state index is -0.862. The Bertz CT molecular complexity index is 667. The van der Waals surface area contributed by atoms with Gasteiger partial charge in [0.15, 0.2) is 5.13 Å². The molecule has 1 heterocycles. The summed E-state index contributed by atoms with van der Waals surface area (Å²) in [4.78, 5) is 28.3. The first-order valence-corrected chi connectivity index (χ1v) is 8.47. The highest BCUT2D eigenvalue weighted by Crippen LogP contribution is 2.72. The molecular weight excluding hydrogens is 356 g/mol. The lowest BCUT2D eigenvalue weighted by molar-refractivity contribution is -0.146. The summed E-state index contributed by atoms with van der Waals surface area (Å²) in [6.07, 6.45) is 7.76. The van der Waals surface area contributed by atoms with Crippen LogP contribution in [0.5, 0.6) is 0 Å². The number of hydrogen-bond acceptors (Lipinski definition) is 4. The Morgan fingerprint density at radius 1 is 1.33 bits per heavy atom. The van der Waals surface area contributed by atoms with E-state index in [0.29, 0.717) is 5.13 Å². The van der Waals surface area contributed by atoms with Gasteiger partial charge < -0.3 is 10.4 Å². The van der Waals surface area contributed by atoms with E-state index >= 15 is 0 Å². The van der Waals surface area contributed by atoms with E-state index in [9.17, 15) is 14.7 Å². The Kier molecular flexibility index (Phi) is 2.81. The summed E-state index contributed by atoms with van der Waals surface area (Å²) in [5.41, 5.74) is 0.0501. The van der Waals surface area contributed by atoms with Gasteiger partial charge >= 0.3 is 5.97 Å². The van der Waals surface area contributed by atoms with Crippen LogP contribution in [0.4, 0.5) is 5.13 Å². The predicted molar refractivity (Wildman–Crippen MR) is 80.8 cm³/mol. The molecule has 110 valence electrons. The van der Waals surface area contributed by atoms with Gasteiger partial charge in [-0.15, -0.1) is 0 Å². The van der Waals surface area contributed by atoms with Gasteiger partial charge in [-0.3, -0.25) is 9.59 Å². The summed E-state index contributed by atoms with van der Waals surface area (Å²) in [5, 5.41) is 12.8. The number of aromatic nitrogens is 1. The normalized spacial score (nSPS) is 34.3. The van der Waals surface area contributed by atoms with Gasteiger partial charge in [0.1, 0.15) is 0 Å². The number of carboxylic acid groups (broad SMARTS) is 1. The number of aliphatic carboxylic acids is 1. The van der Waals surface area contributed by atoms with E-state index in [1.54, 1.807) is 6.20 Å². The second-order valence-electron chi connectivity index (χ2n) is 6.02. The molecule has 1 spiro atoms. The average Bonchev–Trinajstić information content (AvgIpc) is 2.93. The molecule has 0 radical (unpaired) electrons. The molecule has 4 atom stereocenters. The van der Waals surface area contributed by atoms with Crippen molar-refractivity contribution in [2.75, 3.05) is 5.32 Å². The average molecular weight is 369 g/mol. The third kappa shape index (κ3) is 1.83. The first-order valence-electron chi connectivity index (χ1n) is 6.86. The van der Waals surface area contributed by atoms with Gasteiger partial charge in [0.25, 0.3) is 0 Å². The summed E-state index contributed by atoms with van der Waals surface area (Å²) in [6.45, 7) is 0. The van der Waals surface area contributed by atoms with Gasteiger partial charge in [-0.25, -0.2) is 4.98 Å². The van der Waals surface area contributed by atoms with Crippen molar-refractivity contribution in [2.24, 2.45) is 29.1 Å². The van der Waals surface area contributed by atoms with Gasteiger partial charge in [-0.1, -0.05) is 23.5 Å². The molecule has 2 bridgehead atoms. The number of rotatable bonds is 3. The zero-order valence-electron chi connectivity index (χ0n) is 11.0. The molecule has 0 saturated heterocycles. The third-order valence-corrected chi connectivity index (χ3v) is 6.53. The Hall–Kier alpha value is -1.21. The first kappa shape index (κ1) is 13.5. The smallest absolute Gasteiger partial charge is 0.307 e. The lowest BCUT2D eigenvalue weighted by Crippen LogP contribution is -2.36. The van der Waals surface area contributed by atoms with Crippen LogP contribution in [0, 0.1) is 29.1 Å². The molecule has 0 aliphatic heterocycles. The largest absolute Gasteiger partial charge is 0.481 e. The van der Waals surface area contributed by atoms with E-state index < -0.39 is 17.8 Å². The molecule has 1 aromatic rings. The van der Waals surface area contributed by atoms with E-state index in [2.05, 4.69) is 32.3 Å². The Morgan fingerprint density at radius 2 is 2.00 bits per heavy atom. The van der Waals surface area contributed by atoms with Crippen molar-refractivity contribution in [2.45, 2.75) is 12.8 Å². The van der Waals surface area contributed by atoms with E-state index in [4.69, 9.17) is 0 Å². The van der Waals surface area contributed by atoms with Crippen LogP contribution in [-0.2, 0) is 9.59 Å². The molecule has 4 rings (SSSR count). The van der Waals surface area contributed by atoms with Crippen molar-refractivity contribution >= 4 is 44.3 Å². The van der Waals surface area contributed by atoms with Gasteiger partial charge in [0.2, 0.25) is 5.91 Å². The topological polar surface area (TPSA) is 79.3 Å². The number of carboxylic acids is 1. The van der Waals surface area contributed by atoms with Crippen LogP contribution in [-0.4, -0.2) is 22.0 Å². The monoisotopic (exact) mass is 368 g/mol. The fourth-order valence-electron chi connectivity index (χ4n) is 4.19. The van der Waals surface area contributed by atoms with Crippen molar-refractivity contribution in [1.29, 1.82) is 0 Å². The number of anilines is 1. The van der Waals surface area contributed by atoms with Gasteiger partial charge in [0, 0.05) is 0 Å². The summed E-state index contributed by atoms with van der Waals surface area (Å²) >= 11 is 4.63. The van der Waals surface area contributed by atoms with E-state index in [0.717, 1.165) is 16.6 Å². The van der Waals surface area contributed by atoms with Crippen LogP contribution in [0.25, 0.3) is 0 Å². The maximum absolute atomic E-state index is 12.6. The number of amides is 1. The number of thiazole rings is 1. The van der Waals surface area contributed by atoms with Crippen molar-refractivity contribution < 1.29 is 14.7 Å². The first-order chi connectivity index (χ1) is 10.0. The van der Waals surface area contributed by atoms with Crippen molar-refractivity contribution in [3.63, 3.8) is 0 Å². The molecule has 0 aromatic carbocycles. The number of carbonyl (C=O) groups is 2. The van der Waals surface area contributed by atoms with Gasteiger partial charge in [0.05, 0.1) is 21.8 Å². The van der Waals surface area contributed by atoms with Crippen LogP contribution in [0.15, 0.2) is 22.1 Å². The highest BCUT2D eigenvalue weighted by Gasteiger charge is 2.70. The number of nitrogens with one attached hydrogen (secondary N) is 1. The highest BCUT2D eigenvalue weighted by atomic mass is 79.9. The second-order valence-corrected chi connectivity index (χ2v) is 8.43. The molecule has 2 N–H and O–H groups in total. The zero-order chi connectivity index (χ0) is 14.8. The van der Waals surface area contributed by atoms with E-state index in [1.807, 2.05) is 6.08 Å². The number of halogens is 1. The number of carbonyl (C=O) groups excluding carboxylic acids is 1. The molecule has 1 amide bonds. The third-order valence-electron chi connectivity index (χ3n) is 5.14. The van der Waals surface area contributed by atoms with Crippen LogP contribution < -0.4 is 5.32 Å². The molecule has 5 nitrogen and oxygen atoms in total. The minimum Gasteiger partial charge on any atom is -0.481 e. The van der Waals surface area contributed by atoms with Crippen LogP contribution in [0.3, 0.4) is 0 Å². The SMILES string of the molecule is O=C(Nc1ncc(Br)s1)C1[C@H](C(=O)O)[C@H]2C=C[C@@H]1C21CC1.